The number of rotatable bonds is 3. The van der Waals surface area contributed by atoms with Crippen LogP contribution in [-0.2, 0) is 9.59 Å². The smallest absolute Gasteiger partial charge is 0.262 e. The van der Waals surface area contributed by atoms with Gasteiger partial charge in [0.15, 0.2) is 0 Å². The molecule has 4 aliphatic rings. The van der Waals surface area contributed by atoms with Crippen LogP contribution < -0.4 is 15.5 Å². The van der Waals surface area contributed by atoms with E-state index in [1.807, 2.05) is 6.07 Å². The zero-order valence-corrected chi connectivity index (χ0v) is 17.6. The summed E-state index contributed by atoms with van der Waals surface area (Å²) in [5.74, 6) is -1.26. The molecule has 8 nitrogen and oxygen atoms in total. The lowest BCUT2D eigenvalue weighted by Crippen LogP contribution is -2.54. The van der Waals surface area contributed by atoms with E-state index in [-0.39, 0.29) is 18.7 Å². The van der Waals surface area contributed by atoms with Gasteiger partial charge in [-0.25, -0.2) is 0 Å². The van der Waals surface area contributed by atoms with Gasteiger partial charge < -0.3 is 10.2 Å². The van der Waals surface area contributed by atoms with Gasteiger partial charge in [0.1, 0.15) is 6.04 Å². The summed E-state index contributed by atoms with van der Waals surface area (Å²) in [4.78, 5) is 53.0. The van der Waals surface area contributed by atoms with E-state index in [0.29, 0.717) is 23.1 Å². The molecule has 0 saturated carbocycles. The van der Waals surface area contributed by atoms with Crippen LogP contribution in [0.2, 0.25) is 0 Å². The molecule has 1 aromatic carbocycles. The highest BCUT2D eigenvalue weighted by Crippen LogP contribution is 2.33. The van der Waals surface area contributed by atoms with Gasteiger partial charge in [0, 0.05) is 31.2 Å². The quantitative estimate of drug-likeness (QED) is 0.713. The van der Waals surface area contributed by atoms with Crippen molar-refractivity contribution < 1.29 is 19.2 Å². The summed E-state index contributed by atoms with van der Waals surface area (Å²) >= 11 is 0. The summed E-state index contributed by atoms with van der Waals surface area (Å²) in [6.45, 7) is 2.96. The minimum atomic E-state index is -0.926. The van der Waals surface area contributed by atoms with Gasteiger partial charge in [-0.2, -0.15) is 0 Å². The molecule has 0 spiro atoms. The van der Waals surface area contributed by atoms with E-state index < -0.39 is 23.8 Å². The van der Waals surface area contributed by atoms with Crippen LogP contribution in [0.3, 0.4) is 0 Å². The lowest BCUT2D eigenvalue weighted by molar-refractivity contribution is -0.136. The van der Waals surface area contributed by atoms with Crippen molar-refractivity contribution >= 4 is 29.3 Å². The van der Waals surface area contributed by atoms with Gasteiger partial charge in [-0.3, -0.25) is 29.4 Å². The molecule has 4 amide bonds. The maximum Gasteiger partial charge on any atom is 0.262 e. The number of carbonyl (C=O) groups excluding carboxylic acids is 4. The molecule has 8 heteroatoms. The number of imide groups is 2. The minimum absolute atomic E-state index is 0.124. The molecule has 5 rings (SSSR count). The van der Waals surface area contributed by atoms with Crippen LogP contribution in [0, 0.1) is 5.92 Å². The standard InChI is InChI=1S/C23H28N4O4/c28-20-9-8-19(21(29)25-20)27-22(30)16-7-6-15(12-17(16)23(27)31)26-11-3-4-14(13-26)18-5-1-2-10-24-18/h6-7,12,14,18-19,24H,1-5,8-11,13H2,(H,25,28,29). The number of anilines is 1. The largest absolute Gasteiger partial charge is 0.371 e. The second kappa shape index (κ2) is 8.07. The zero-order chi connectivity index (χ0) is 21.5. The second-order valence-electron chi connectivity index (χ2n) is 9.08. The number of nitrogens with zero attached hydrogens (tertiary/aromatic N) is 2. The van der Waals surface area contributed by atoms with E-state index in [1.54, 1.807) is 12.1 Å². The van der Waals surface area contributed by atoms with Crippen molar-refractivity contribution in [2.24, 2.45) is 5.92 Å². The van der Waals surface area contributed by atoms with E-state index >= 15 is 0 Å². The van der Waals surface area contributed by atoms with Crippen molar-refractivity contribution in [3.8, 4) is 0 Å². The molecule has 0 radical (unpaired) electrons. The van der Waals surface area contributed by atoms with Crippen molar-refractivity contribution in [3.05, 3.63) is 29.3 Å². The van der Waals surface area contributed by atoms with E-state index in [2.05, 4.69) is 15.5 Å². The van der Waals surface area contributed by atoms with Crippen molar-refractivity contribution in [2.75, 3.05) is 24.5 Å². The normalized spacial score (nSPS) is 29.2. The van der Waals surface area contributed by atoms with Crippen molar-refractivity contribution in [3.63, 3.8) is 0 Å². The fraction of sp³-hybridized carbons (Fsp3) is 0.565. The van der Waals surface area contributed by atoms with Crippen LogP contribution in [0.25, 0.3) is 0 Å². The van der Waals surface area contributed by atoms with Crippen molar-refractivity contribution in [1.29, 1.82) is 0 Å². The van der Waals surface area contributed by atoms with Gasteiger partial charge in [-0.1, -0.05) is 6.42 Å². The van der Waals surface area contributed by atoms with Crippen molar-refractivity contribution in [1.82, 2.24) is 15.5 Å². The van der Waals surface area contributed by atoms with E-state index in [0.717, 1.165) is 36.6 Å². The summed E-state index contributed by atoms with van der Waals surface area (Å²) in [5, 5.41) is 5.91. The molecule has 4 heterocycles. The number of benzene rings is 1. The molecule has 2 N–H and O–H groups in total. The number of nitrogens with one attached hydrogen (secondary N) is 2. The maximum absolute atomic E-state index is 13.1. The third-order valence-electron chi connectivity index (χ3n) is 7.16. The molecule has 3 atom stereocenters. The first-order chi connectivity index (χ1) is 15.0. The highest BCUT2D eigenvalue weighted by molar-refractivity contribution is 6.23. The van der Waals surface area contributed by atoms with Crippen LogP contribution in [-0.4, -0.2) is 60.2 Å². The van der Waals surface area contributed by atoms with E-state index in [4.69, 9.17) is 0 Å². The summed E-state index contributed by atoms with van der Waals surface area (Å²) in [5.41, 5.74) is 1.64. The second-order valence-corrected chi connectivity index (χ2v) is 9.08. The van der Waals surface area contributed by atoms with Gasteiger partial charge in [0.2, 0.25) is 11.8 Å². The molecule has 3 unspecified atom stereocenters. The molecular weight excluding hydrogens is 396 g/mol. The predicted molar refractivity (Wildman–Crippen MR) is 114 cm³/mol. The molecule has 3 saturated heterocycles. The first-order valence-electron chi connectivity index (χ1n) is 11.4. The lowest BCUT2D eigenvalue weighted by Gasteiger charge is -2.40. The number of fused-ring (bicyclic) bond motifs is 1. The Labute approximate surface area is 181 Å². The SMILES string of the molecule is O=C1CCC(N2C(=O)c3ccc(N4CCCC(C5CCCCN5)C4)cc3C2=O)C(=O)N1. The Morgan fingerprint density at radius 2 is 1.74 bits per heavy atom. The molecule has 0 aromatic heterocycles. The summed E-state index contributed by atoms with van der Waals surface area (Å²) in [7, 11) is 0. The number of carbonyl (C=O) groups is 4. The molecule has 0 bridgehead atoms. The molecule has 0 aliphatic carbocycles. The molecule has 164 valence electrons. The summed E-state index contributed by atoms with van der Waals surface area (Å²) in [6.07, 6.45) is 6.35. The number of amides is 4. The minimum Gasteiger partial charge on any atom is -0.371 e. The number of piperidine rings is 3. The average molecular weight is 425 g/mol. The topological polar surface area (TPSA) is 98.8 Å². The third-order valence-corrected chi connectivity index (χ3v) is 7.16. The fourth-order valence-corrected chi connectivity index (χ4v) is 5.51. The Bertz CT molecular complexity index is 940. The maximum atomic E-state index is 13.1. The highest BCUT2D eigenvalue weighted by atomic mass is 16.2. The molecule has 4 aliphatic heterocycles. The molecular formula is C23H28N4O4. The van der Waals surface area contributed by atoms with Crippen LogP contribution in [0.5, 0.6) is 0 Å². The molecule has 31 heavy (non-hydrogen) atoms. The van der Waals surface area contributed by atoms with Crippen LogP contribution in [0.1, 0.15) is 65.7 Å². The monoisotopic (exact) mass is 424 g/mol. The summed E-state index contributed by atoms with van der Waals surface area (Å²) in [6, 6.07) is 5.05. The fourth-order valence-electron chi connectivity index (χ4n) is 5.51. The number of hydrogen-bond donors (Lipinski definition) is 2. The first-order valence-corrected chi connectivity index (χ1v) is 11.4. The predicted octanol–water partition coefficient (Wildman–Crippen LogP) is 1.45. The average Bonchev–Trinajstić information content (AvgIpc) is 3.04. The van der Waals surface area contributed by atoms with Gasteiger partial charge in [-0.15, -0.1) is 0 Å². The highest BCUT2D eigenvalue weighted by Gasteiger charge is 2.44. The Hall–Kier alpha value is -2.74. The van der Waals surface area contributed by atoms with Crippen LogP contribution in [0.15, 0.2) is 18.2 Å². The van der Waals surface area contributed by atoms with Crippen LogP contribution >= 0.6 is 0 Å². The molecule has 1 aromatic rings. The Balaban J connectivity index is 1.35. The summed E-state index contributed by atoms with van der Waals surface area (Å²) < 4.78 is 0. The van der Waals surface area contributed by atoms with Gasteiger partial charge in [-0.05, 0) is 62.8 Å². The van der Waals surface area contributed by atoms with Gasteiger partial charge >= 0.3 is 0 Å². The zero-order valence-electron chi connectivity index (χ0n) is 17.6. The van der Waals surface area contributed by atoms with E-state index in [1.165, 1.54) is 25.7 Å². The van der Waals surface area contributed by atoms with Crippen LogP contribution in [0.4, 0.5) is 5.69 Å². The Morgan fingerprint density at radius 3 is 2.52 bits per heavy atom. The molecule has 3 fully saturated rings. The van der Waals surface area contributed by atoms with Gasteiger partial charge in [0.25, 0.3) is 11.8 Å². The van der Waals surface area contributed by atoms with Crippen molar-refractivity contribution in [2.45, 2.75) is 57.0 Å². The first kappa shape index (κ1) is 20.2. The van der Waals surface area contributed by atoms with E-state index in [9.17, 15) is 19.2 Å². The lowest BCUT2D eigenvalue weighted by atomic mass is 9.86. The van der Waals surface area contributed by atoms with Gasteiger partial charge in [0.05, 0.1) is 11.1 Å². The third kappa shape index (κ3) is 3.63. The Kier molecular flexibility index (Phi) is 5.25. The number of hydrogen-bond acceptors (Lipinski definition) is 6. The Morgan fingerprint density at radius 1 is 0.903 bits per heavy atom.